The van der Waals surface area contributed by atoms with Crippen molar-refractivity contribution in [1.82, 2.24) is 19.5 Å². The molecule has 0 spiro atoms. The first-order chi connectivity index (χ1) is 11.6. The number of amides is 1. The standard InChI is InChI=1S/C15H12FN5O2S/c1-24-15-17-6-9-13(20-15)18-8-21(14(9)23)7-12(22)19-11-5-3-2-4-10(11)16/h2-6,8H,7H2,1H3,(H,19,22). The first-order valence-electron chi connectivity index (χ1n) is 6.89. The smallest absolute Gasteiger partial charge is 0.264 e. The van der Waals surface area contributed by atoms with Crippen molar-refractivity contribution in [3.05, 3.63) is 53.0 Å². The third-order valence-electron chi connectivity index (χ3n) is 3.20. The second-order valence-electron chi connectivity index (χ2n) is 4.80. The Balaban J connectivity index is 1.85. The van der Waals surface area contributed by atoms with E-state index >= 15 is 0 Å². The third kappa shape index (κ3) is 3.25. The Kier molecular flexibility index (Phi) is 4.52. The number of hydrogen-bond acceptors (Lipinski definition) is 6. The molecule has 0 bridgehead atoms. The van der Waals surface area contributed by atoms with E-state index in [9.17, 15) is 14.0 Å². The molecule has 2 aromatic heterocycles. The molecule has 0 saturated heterocycles. The predicted octanol–water partition coefficient (Wildman–Crippen LogP) is 1.69. The summed E-state index contributed by atoms with van der Waals surface area (Å²) in [5.41, 5.74) is -0.112. The van der Waals surface area contributed by atoms with Gasteiger partial charge < -0.3 is 5.32 Å². The van der Waals surface area contributed by atoms with Gasteiger partial charge in [-0.1, -0.05) is 23.9 Å². The van der Waals surface area contributed by atoms with Gasteiger partial charge in [-0.2, -0.15) is 0 Å². The number of nitrogens with one attached hydrogen (secondary N) is 1. The van der Waals surface area contributed by atoms with Crippen LogP contribution in [0.25, 0.3) is 11.0 Å². The molecule has 0 unspecified atom stereocenters. The fourth-order valence-electron chi connectivity index (χ4n) is 2.06. The summed E-state index contributed by atoms with van der Waals surface area (Å²) in [5.74, 6) is -1.09. The van der Waals surface area contributed by atoms with Crippen molar-refractivity contribution in [2.75, 3.05) is 11.6 Å². The maximum atomic E-state index is 13.5. The molecular formula is C15H12FN5O2S. The summed E-state index contributed by atoms with van der Waals surface area (Å²) in [4.78, 5) is 36.6. The molecule has 24 heavy (non-hydrogen) atoms. The summed E-state index contributed by atoms with van der Waals surface area (Å²) in [5, 5.41) is 3.14. The van der Waals surface area contributed by atoms with Gasteiger partial charge in [-0.05, 0) is 18.4 Å². The Morgan fingerprint density at radius 2 is 2.12 bits per heavy atom. The number of carbonyl (C=O) groups excluding carboxylic acids is 1. The highest BCUT2D eigenvalue weighted by molar-refractivity contribution is 7.98. The molecule has 0 atom stereocenters. The molecule has 9 heteroatoms. The van der Waals surface area contributed by atoms with Gasteiger partial charge in [-0.25, -0.2) is 19.3 Å². The summed E-state index contributed by atoms with van der Waals surface area (Å²) in [6.45, 7) is -0.291. The van der Waals surface area contributed by atoms with Crippen molar-refractivity contribution in [2.45, 2.75) is 11.7 Å². The fourth-order valence-corrected chi connectivity index (χ4v) is 2.39. The highest BCUT2D eigenvalue weighted by atomic mass is 32.2. The maximum absolute atomic E-state index is 13.5. The highest BCUT2D eigenvalue weighted by Gasteiger charge is 2.11. The lowest BCUT2D eigenvalue weighted by atomic mass is 10.3. The van der Waals surface area contributed by atoms with Crippen molar-refractivity contribution >= 4 is 34.4 Å². The molecule has 1 amide bonds. The van der Waals surface area contributed by atoms with E-state index in [-0.39, 0.29) is 23.3 Å². The summed E-state index contributed by atoms with van der Waals surface area (Å²) < 4.78 is 14.7. The predicted molar refractivity (Wildman–Crippen MR) is 88.4 cm³/mol. The van der Waals surface area contributed by atoms with Gasteiger partial charge in [0.15, 0.2) is 10.8 Å². The van der Waals surface area contributed by atoms with E-state index in [0.717, 1.165) is 4.57 Å². The third-order valence-corrected chi connectivity index (χ3v) is 3.76. The number of benzene rings is 1. The SMILES string of the molecule is CSc1ncc2c(=O)n(CC(=O)Nc3ccccc3F)cnc2n1. The summed E-state index contributed by atoms with van der Waals surface area (Å²) >= 11 is 1.34. The molecule has 1 N–H and O–H groups in total. The molecule has 7 nitrogen and oxygen atoms in total. The van der Waals surface area contributed by atoms with Crippen LogP contribution >= 0.6 is 11.8 Å². The van der Waals surface area contributed by atoms with Gasteiger partial charge in [-0.3, -0.25) is 14.2 Å². The number of halogens is 1. The number of nitrogens with zero attached hydrogens (tertiary/aromatic N) is 4. The van der Waals surface area contributed by atoms with Crippen LogP contribution in [-0.2, 0) is 11.3 Å². The van der Waals surface area contributed by atoms with Crippen molar-refractivity contribution in [3.8, 4) is 0 Å². The zero-order chi connectivity index (χ0) is 17.1. The largest absolute Gasteiger partial charge is 0.322 e. The topological polar surface area (TPSA) is 89.8 Å². The van der Waals surface area contributed by atoms with Gasteiger partial charge in [0.1, 0.15) is 24.1 Å². The zero-order valence-electron chi connectivity index (χ0n) is 12.6. The van der Waals surface area contributed by atoms with E-state index < -0.39 is 17.3 Å². The van der Waals surface area contributed by atoms with Crippen LogP contribution in [0.3, 0.4) is 0 Å². The summed E-state index contributed by atoms with van der Waals surface area (Å²) in [6, 6.07) is 5.79. The van der Waals surface area contributed by atoms with Gasteiger partial charge in [-0.15, -0.1) is 0 Å². The molecule has 0 fully saturated rings. The number of hydrogen-bond donors (Lipinski definition) is 1. The van der Waals surface area contributed by atoms with Gasteiger partial charge >= 0.3 is 0 Å². The van der Waals surface area contributed by atoms with Gasteiger partial charge in [0.2, 0.25) is 5.91 Å². The lowest BCUT2D eigenvalue weighted by Crippen LogP contribution is -2.28. The van der Waals surface area contributed by atoms with Gasteiger partial charge in [0.05, 0.1) is 5.69 Å². The molecule has 0 aliphatic carbocycles. The van der Waals surface area contributed by atoms with E-state index in [1.165, 1.54) is 42.5 Å². The average molecular weight is 345 g/mol. The first-order valence-corrected chi connectivity index (χ1v) is 8.11. The zero-order valence-corrected chi connectivity index (χ0v) is 13.4. The molecule has 3 aromatic rings. The van der Waals surface area contributed by atoms with Crippen molar-refractivity contribution in [2.24, 2.45) is 0 Å². The minimum absolute atomic E-state index is 0.0530. The quantitative estimate of drug-likeness (QED) is 0.572. The number of para-hydroxylation sites is 1. The van der Waals surface area contributed by atoms with Crippen molar-refractivity contribution in [1.29, 1.82) is 0 Å². The molecule has 1 aromatic carbocycles. The highest BCUT2D eigenvalue weighted by Crippen LogP contribution is 2.13. The van der Waals surface area contributed by atoms with Crippen LogP contribution in [0.15, 0.2) is 46.7 Å². The van der Waals surface area contributed by atoms with E-state index in [4.69, 9.17) is 0 Å². The van der Waals surface area contributed by atoms with Crippen LogP contribution in [0.4, 0.5) is 10.1 Å². The summed E-state index contributed by atoms with van der Waals surface area (Å²) in [7, 11) is 0. The van der Waals surface area contributed by atoms with Crippen LogP contribution in [0.2, 0.25) is 0 Å². The average Bonchev–Trinajstić information content (AvgIpc) is 2.59. The molecule has 2 heterocycles. The number of aromatic nitrogens is 4. The molecule has 3 rings (SSSR count). The lowest BCUT2D eigenvalue weighted by molar-refractivity contribution is -0.116. The minimum Gasteiger partial charge on any atom is -0.322 e. The fraction of sp³-hybridized carbons (Fsp3) is 0.133. The molecular weight excluding hydrogens is 333 g/mol. The lowest BCUT2D eigenvalue weighted by Gasteiger charge is -2.08. The normalized spacial score (nSPS) is 10.8. The van der Waals surface area contributed by atoms with Gasteiger partial charge in [0.25, 0.3) is 5.56 Å². The van der Waals surface area contributed by atoms with Crippen LogP contribution < -0.4 is 10.9 Å². The van der Waals surface area contributed by atoms with Crippen LogP contribution in [0, 0.1) is 5.82 Å². The van der Waals surface area contributed by atoms with Crippen LogP contribution in [0.1, 0.15) is 0 Å². The van der Waals surface area contributed by atoms with E-state index in [2.05, 4.69) is 20.3 Å². The Morgan fingerprint density at radius 1 is 1.33 bits per heavy atom. The molecule has 0 saturated carbocycles. The molecule has 122 valence electrons. The number of thioether (sulfide) groups is 1. The number of fused-ring (bicyclic) bond motifs is 1. The Hall–Kier alpha value is -2.81. The monoisotopic (exact) mass is 345 g/mol. The molecule has 0 aliphatic heterocycles. The first kappa shape index (κ1) is 16.1. The second kappa shape index (κ2) is 6.75. The van der Waals surface area contributed by atoms with Gasteiger partial charge in [0, 0.05) is 6.20 Å². The van der Waals surface area contributed by atoms with Crippen molar-refractivity contribution < 1.29 is 9.18 Å². The Bertz CT molecular complexity index is 975. The Labute approximate surface area is 140 Å². The van der Waals surface area contributed by atoms with E-state index in [1.54, 1.807) is 6.07 Å². The van der Waals surface area contributed by atoms with Crippen LogP contribution in [-0.4, -0.2) is 31.7 Å². The van der Waals surface area contributed by atoms with Crippen molar-refractivity contribution in [3.63, 3.8) is 0 Å². The van der Waals surface area contributed by atoms with Crippen LogP contribution in [0.5, 0.6) is 0 Å². The maximum Gasteiger partial charge on any atom is 0.264 e. The molecule has 0 aliphatic rings. The number of rotatable bonds is 4. The van der Waals surface area contributed by atoms with E-state index in [1.807, 2.05) is 6.26 Å². The molecule has 0 radical (unpaired) electrons. The minimum atomic E-state index is -0.548. The summed E-state index contributed by atoms with van der Waals surface area (Å²) in [6.07, 6.45) is 4.44. The van der Waals surface area contributed by atoms with E-state index in [0.29, 0.717) is 5.16 Å². The second-order valence-corrected chi connectivity index (χ2v) is 5.57. The Morgan fingerprint density at radius 3 is 2.88 bits per heavy atom. The number of carbonyl (C=O) groups is 1. The number of anilines is 1.